The lowest BCUT2D eigenvalue weighted by Gasteiger charge is -2.17. The summed E-state index contributed by atoms with van der Waals surface area (Å²) in [6.07, 6.45) is 6.43. The van der Waals surface area contributed by atoms with E-state index < -0.39 is 0 Å². The molecule has 0 radical (unpaired) electrons. The van der Waals surface area contributed by atoms with Crippen molar-refractivity contribution in [3.8, 4) is 11.5 Å². The van der Waals surface area contributed by atoms with Crippen LogP contribution in [0.1, 0.15) is 28.8 Å². The van der Waals surface area contributed by atoms with Gasteiger partial charge in [-0.15, -0.1) is 6.58 Å². The van der Waals surface area contributed by atoms with Crippen LogP contribution in [0.3, 0.4) is 0 Å². The number of hydrogen-bond acceptors (Lipinski definition) is 5. The van der Waals surface area contributed by atoms with Crippen LogP contribution >= 0.6 is 0 Å². The summed E-state index contributed by atoms with van der Waals surface area (Å²) in [5.41, 5.74) is 2.00. The van der Waals surface area contributed by atoms with Gasteiger partial charge < -0.3 is 19.7 Å². The molecule has 6 heteroatoms. The monoisotopic (exact) mass is 367 g/mol. The molecule has 0 spiro atoms. The Balaban J connectivity index is 1.78. The number of rotatable bonds is 7. The largest absolute Gasteiger partial charge is 0.493 e. The number of aromatic nitrogens is 1. The molecule has 1 fully saturated rings. The first kappa shape index (κ1) is 18.8. The Labute approximate surface area is 159 Å². The topological polar surface area (TPSA) is 63.7 Å². The minimum absolute atomic E-state index is 0.225. The molecule has 1 aliphatic heterocycles. The molecule has 0 atom stereocenters. The summed E-state index contributed by atoms with van der Waals surface area (Å²) in [5.74, 6) is 1.86. The Hall–Kier alpha value is -3.02. The van der Waals surface area contributed by atoms with Crippen LogP contribution in [0.5, 0.6) is 11.5 Å². The number of methoxy groups -OCH3 is 2. The summed E-state index contributed by atoms with van der Waals surface area (Å²) < 4.78 is 10.8. The van der Waals surface area contributed by atoms with Gasteiger partial charge in [0.1, 0.15) is 5.82 Å². The zero-order valence-corrected chi connectivity index (χ0v) is 15.8. The van der Waals surface area contributed by atoms with E-state index in [1.54, 1.807) is 38.6 Å². The van der Waals surface area contributed by atoms with E-state index >= 15 is 0 Å². The number of amides is 1. The van der Waals surface area contributed by atoms with E-state index in [1.807, 2.05) is 12.1 Å². The quantitative estimate of drug-likeness (QED) is 0.757. The van der Waals surface area contributed by atoms with Crippen LogP contribution in [0.25, 0.3) is 0 Å². The highest BCUT2D eigenvalue weighted by Crippen LogP contribution is 2.33. The normalized spacial score (nSPS) is 13.3. The third-order valence-electron chi connectivity index (χ3n) is 4.62. The van der Waals surface area contributed by atoms with E-state index in [0.29, 0.717) is 29.2 Å². The number of allylic oxidation sites excluding steroid dienone is 1. The number of nitrogens with one attached hydrogen (secondary N) is 1. The zero-order chi connectivity index (χ0) is 19.2. The molecule has 1 aliphatic rings. The van der Waals surface area contributed by atoms with Crippen LogP contribution in [0.15, 0.2) is 43.1 Å². The summed E-state index contributed by atoms with van der Waals surface area (Å²) in [4.78, 5) is 19.4. The third-order valence-corrected chi connectivity index (χ3v) is 4.62. The number of carbonyl (C=O) groups excluding carboxylic acids is 1. The maximum atomic E-state index is 12.7. The molecular formula is C21H25N3O3. The maximum Gasteiger partial charge on any atom is 0.255 e. The lowest BCUT2D eigenvalue weighted by Crippen LogP contribution is -2.19. The standard InChI is InChI=1S/C21H25N3O3/c1-4-7-15-12-16(13-18(26-2)20(15)27-3)21(25)23-17-8-9-19(22-14-17)24-10-5-6-11-24/h4,8-9,12-14H,1,5-7,10-11H2,2-3H3,(H,23,25). The van der Waals surface area contributed by atoms with E-state index in [4.69, 9.17) is 9.47 Å². The van der Waals surface area contributed by atoms with E-state index in [-0.39, 0.29) is 5.91 Å². The van der Waals surface area contributed by atoms with Gasteiger partial charge in [-0.1, -0.05) is 6.08 Å². The van der Waals surface area contributed by atoms with E-state index in [0.717, 1.165) is 24.5 Å². The lowest BCUT2D eigenvalue weighted by molar-refractivity contribution is 0.102. The molecule has 1 aromatic heterocycles. The van der Waals surface area contributed by atoms with Gasteiger partial charge in [0.2, 0.25) is 0 Å². The van der Waals surface area contributed by atoms with Gasteiger partial charge in [0.05, 0.1) is 26.1 Å². The average Bonchev–Trinajstić information content (AvgIpc) is 3.23. The SMILES string of the molecule is C=CCc1cc(C(=O)Nc2ccc(N3CCCC3)nc2)cc(OC)c1OC. The summed E-state index contributed by atoms with van der Waals surface area (Å²) in [7, 11) is 3.13. The van der Waals surface area contributed by atoms with Crippen molar-refractivity contribution < 1.29 is 14.3 Å². The van der Waals surface area contributed by atoms with Crippen molar-refractivity contribution in [1.82, 2.24) is 4.98 Å². The van der Waals surface area contributed by atoms with Crippen molar-refractivity contribution >= 4 is 17.4 Å². The second-order valence-corrected chi connectivity index (χ2v) is 6.42. The van der Waals surface area contributed by atoms with Gasteiger partial charge >= 0.3 is 0 Å². The number of benzene rings is 1. The van der Waals surface area contributed by atoms with E-state index in [1.165, 1.54) is 12.8 Å². The number of carbonyl (C=O) groups is 1. The highest BCUT2D eigenvalue weighted by molar-refractivity contribution is 6.04. The molecule has 1 aromatic carbocycles. The predicted molar refractivity (Wildman–Crippen MR) is 107 cm³/mol. The fourth-order valence-electron chi connectivity index (χ4n) is 3.28. The molecule has 2 heterocycles. The van der Waals surface area contributed by atoms with Gasteiger partial charge in [0.15, 0.2) is 11.5 Å². The maximum absolute atomic E-state index is 12.7. The van der Waals surface area contributed by atoms with Gasteiger partial charge in [0.25, 0.3) is 5.91 Å². The molecule has 0 aliphatic carbocycles. The highest BCUT2D eigenvalue weighted by atomic mass is 16.5. The van der Waals surface area contributed by atoms with Crippen molar-refractivity contribution in [1.29, 1.82) is 0 Å². The minimum atomic E-state index is -0.225. The molecule has 0 unspecified atom stereocenters. The molecule has 0 saturated carbocycles. The van der Waals surface area contributed by atoms with Crippen LogP contribution in [0.4, 0.5) is 11.5 Å². The average molecular weight is 367 g/mol. The van der Waals surface area contributed by atoms with Gasteiger partial charge in [-0.25, -0.2) is 4.98 Å². The predicted octanol–water partition coefficient (Wildman–Crippen LogP) is 3.68. The molecule has 3 rings (SSSR count). The second-order valence-electron chi connectivity index (χ2n) is 6.42. The Morgan fingerprint density at radius 2 is 2.04 bits per heavy atom. The van der Waals surface area contributed by atoms with Crippen LogP contribution in [-0.2, 0) is 6.42 Å². The molecule has 142 valence electrons. The van der Waals surface area contributed by atoms with E-state index in [2.05, 4.69) is 21.8 Å². The summed E-state index contributed by atoms with van der Waals surface area (Å²) in [6.45, 7) is 5.84. The van der Waals surface area contributed by atoms with Crippen molar-refractivity contribution in [2.45, 2.75) is 19.3 Å². The van der Waals surface area contributed by atoms with Crippen molar-refractivity contribution in [2.24, 2.45) is 0 Å². The van der Waals surface area contributed by atoms with Crippen molar-refractivity contribution in [3.63, 3.8) is 0 Å². The molecular weight excluding hydrogens is 342 g/mol. The first-order chi connectivity index (χ1) is 13.2. The minimum Gasteiger partial charge on any atom is -0.493 e. The van der Waals surface area contributed by atoms with Gasteiger partial charge in [-0.2, -0.15) is 0 Å². The fourth-order valence-corrected chi connectivity index (χ4v) is 3.28. The third kappa shape index (κ3) is 4.22. The van der Waals surface area contributed by atoms with E-state index in [9.17, 15) is 4.79 Å². The number of hydrogen-bond donors (Lipinski definition) is 1. The first-order valence-electron chi connectivity index (χ1n) is 9.04. The van der Waals surface area contributed by atoms with Crippen LogP contribution in [0, 0.1) is 0 Å². The molecule has 1 amide bonds. The van der Waals surface area contributed by atoms with Gasteiger partial charge in [-0.3, -0.25) is 4.79 Å². The Bertz CT molecular complexity index is 812. The van der Waals surface area contributed by atoms with Crippen LogP contribution in [-0.4, -0.2) is 38.2 Å². The zero-order valence-electron chi connectivity index (χ0n) is 15.8. The second kappa shape index (κ2) is 8.58. The Morgan fingerprint density at radius 1 is 1.26 bits per heavy atom. The van der Waals surface area contributed by atoms with Crippen LogP contribution < -0.4 is 19.7 Å². The van der Waals surface area contributed by atoms with Crippen LogP contribution in [0.2, 0.25) is 0 Å². The Morgan fingerprint density at radius 3 is 2.63 bits per heavy atom. The van der Waals surface area contributed by atoms with Gasteiger partial charge in [-0.05, 0) is 43.5 Å². The highest BCUT2D eigenvalue weighted by Gasteiger charge is 2.17. The molecule has 0 bridgehead atoms. The first-order valence-corrected chi connectivity index (χ1v) is 9.04. The number of ether oxygens (including phenoxy) is 2. The molecule has 27 heavy (non-hydrogen) atoms. The number of anilines is 2. The molecule has 6 nitrogen and oxygen atoms in total. The lowest BCUT2D eigenvalue weighted by atomic mass is 10.0. The van der Waals surface area contributed by atoms with Crippen molar-refractivity contribution in [3.05, 3.63) is 54.2 Å². The van der Waals surface area contributed by atoms with Crippen molar-refractivity contribution in [2.75, 3.05) is 37.5 Å². The number of pyridine rings is 1. The molecule has 1 saturated heterocycles. The molecule has 1 N–H and O–H groups in total. The van der Waals surface area contributed by atoms with Gasteiger partial charge in [0, 0.05) is 24.2 Å². The summed E-state index contributed by atoms with van der Waals surface area (Å²) >= 11 is 0. The summed E-state index contributed by atoms with van der Waals surface area (Å²) in [6, 6.07) is 7.29. The number of nitrogens with zero attached hydrogens (tertiary/aromatic N) is 2. The Kier molecular flexibility index (Phi) is 5.96. The fraction of sp³-hybridized carbons (Fsp3) is 0.333. The smallest absolute Gasteiger partial charge is 0.255 e. The summed E-state index contributed by atoms with van der Waals surface area (Å²) in [5, 5.41) is 2.89. The molecule has 2 aromatic rings.